The van der Waals surface area contributed by atoms with Gasteiger partial charge in [-0.05, 0) is 27.5 Å². The van der Waals surface area contributed by atoms with Gasteiger partial charge in [0.1, 0.15) is 12.0 Å². The molecule has 0 bridgehead atoms. The fourth-order valence-electron chi connectivity index (χ4n) is 0.521. The van der Waals surface area contributed by atoms with Crippen molar-refractivity contribution in [3.8, 4) is 0 Å². The van der Waals surface area contributed by atoms with Gasteiger partial charge in [-0.15, -0.1) is 0 Å². The van der Waals surface area contributed by atoms with E-state index in [4.69, 9.17) is 11.6 Å². The number of rotatable bonds is 1. The third-order valence-corrected chi connectivity index (χ3v) is 1.70. The smallest absolute Gasteiger partial charge is 0.244 e. The fraction of sp³-hybridized carbons (Fsp3) is 0.200. The molecule has 0 unspecified atom stereocenters. The van der Waals surface area contributed by atoms with E-state index in [1.54, 1.807) is 0 Å². The van der Waals surface area contributed by atoms with Crippen LogP contribution in [0, 0.1) is 0 Å². The molecule has 1 heterocycles. The Kier molecular flexibility index (Phi) is 2.39. The minimum absolute atomic E-state index is 0.0972. The van der Waals surface area contributed by atoms with Crippen molar-refractivity contribution < 1.29 is 8.78 Å². The van der Waals surface area contributed by atoms with Crippen molar-refractivity contribution in [1.82, 2.24) is 9.97 Å². The van der Waals surface area contributed by atoms with E-state index < -0.39 is 11.1 Å². The maximum absolute atomic E-state index is 12.4. The molecular formula is C5H2BrClF2N2. The molecule has 0 aliphatic rings. The first-order valence-corrected chi connectivity index (χ1v) is 3.71. The Hall–Kier alpha value is -0.290. The number of hydrogen-bond acceptors (Lipinski definition) is 2. The van der Waals surface area contributed by atoms with E-state index in [0.29, 0.717) is 0 Å². The summed E-state index contributed by atoms with van der Waals surface area (Å²) in [6.07, 6.45) is 2.22. The van der Waals surface area contributed by atoms with E-state index in [0.717, 1.165) is 6.33 Å². The first kappa shape index (κ1) is 8.80. The van der Waals surface area contributed by atoms with Gasteiger partial charge in [0.05, 0.1) is 4.47 Å². The minimum atomic E-state index is -3.44. The summed E-state index contributed by atoms with van der Waals surface area (Å²) < 4.78 is 24.8. The molecular weight excluding hydrogens is 241 g/mol. The summed E-state index contributed by atoms with van der Waals surface area (Å²) in [6.45, 7) is 0. The highest BCUT2D eigenvalue weighted by Crippen LogP contribution is 2.34. The predicted molar refractivity (Wildman–Crippen MR) is 39.5 cm³/mol. The molecule has 1 aromatic heterocycles. The van der Waals surface area contributed by atoms with Crippen LogP contribution in [0.1, 0.15) is 5.69 Å². The predicted octanol–water partition coefficient (Wildman–Crippen LogP) is 2.53. The van der Waals surface area contributed by atoms with E-state index in [9.17, 15) is 8.78 Å². The van der Waals surface area contributed by atoms with Gasteiger partial charge in [-0.25, -0.2) is 9.97 Å². The third-order valence-electron chi connectivity index (χ3n) is 0.936. The van der Waals surface area contributed by atoms with E-state index in [2.05, 4.69) is 25.9 Å². The molecule has 2 nitrogen and oxygen atoms in total. The van der Waals surface area contributed by atoms with Crippen molar-refractivity contribution in [3.05, 3.63) is 22.7 Å². The summed E-state index contributed by atoms with van der Waals surface area (Å²) in [5.74, 6) is 0. The molecule has 0 saturated carbocycles. The summed E-state index contributed by atoms with van der Waals surface area (Å²) in [4.78, 5) is 6.82. The summed E-state index contributed by atoms with van der Waals surface area (Å²) in [5.41, 5.74) is -0.519. The van der Waals surface area contributed by atoms with Crippen molar-refractivity contribution in [2.75, 3.05) is 0 Å². The molecule has 0 amide bonds. The van der Waals surface area contributed by atoms with Gasteiger partial charge in [-0.2, -0.15) is 8.78 Å². The molecule has 0 fully saturated rings. The molecule has 0 spiro atoms. The minimum Gasteiger partial charge on any atom is -0.244 e. The van der Waals surface area contributed by atoms with Gasteiger partial charge in [0.2, 0.25) is 0 Å². The lowest BCUT2D eigenvalue weighted by Gasteiger charge is -2.06. The van der Waals surface area contributed by atoms with Crippen LogP contribution in [-0.2, 0) is 5.38 Å². The van der Waals surface area contributed by atoms with Crippen molar-refractivity contribution in [1.29, 1.82) is 0 Å². The standard InChI is InChI=1S/C5H2BrClF2N2/c6-3-1-10-2-11-4(3)5(7,8)9/h1-2H. The normalized spacial score (nSPS) is 11.6. The SMILES string of the molecule is FC(F)(Cl)c1ncncc1Br. The van der Waals surface area contributed by atoms with Gasteiger partial charge in [0, 0.05) is 6.20 Å². The number of aromatic nitrogens is 2. The monoisotopic (exact) mass is 242 g/mol. The molecule has 60 valence electrons. The summed E-state index contributed by atoms with van der Waals surface area (Å²) in [7, 11) is 0. The van der Waals surface area contributed by atoms with Crippen molar-refractivity contribution in [2.24, 2.45) is 0 Å². The van der Waals surface area contributed by atoms with E-state index >= 15 is 0 Å². The highest BCUT2D eigenvalue weighted by Gasteiger charge is 2.31. The van der Waals surface area contributed by atoms with Gasteiger partial charge in [0.15, 0.2) is 0 Å². The van der Waals surface area contributed by atoms with Crippen molar-refractivity contribution >= 4 is 27.5 Å². The zero-order chi connectivity index (χ0) is 8.48. The van der Waals surface area contributed by atoms with Gasteiger partial charge >= 0.3 is 5.38 Å². The van der Waals surface area contributed by atoms with Crippen LogP contribution in [0.25, 0.3) is 0 Å². The Morgan fingerprint density at radius 3 is 2.55 bits per heavy atom. The van der Waals surface area contributed by atoms with E-state index in [1.165, 1.54) is 6.20 Å². The number of hydrogen-bond donors (Lipinski definition) is 0. The van der Waals surface area contributed by atoms with Crippen LogP contribution in [0.5, 0.6) is 0 Å². The second-order valence-electron chi connectivity index (χ2n) is 1.72. The Labute approximate surface area is 74.7 Å². The van der Waals surface area contributed by atoms with Crippen LogP contribution in [0.2, 0.25) is 0 Å². The van der Waals surface area contributed by atoms with Crippen LogP contribution >= 0.6 is 27.5 Å². The van der Waals surface area contributed by atoms with Crippen LogP contribution in [-0.4, -0.2) is 9.97 Å². The maximum Gasteiger partial charge on any atom is 0.366 e. The molecule has 0 aromatic carbocycles. The lowest BCUT2D eigenvalue weighted by atomic mass is 10.4. The molecule has 6 heteroatoms. The summed E-state index contributed by atoms with van der Waals surface area (Å²) in [5, 5.41) is -3.44. The van der Waals surface area contributed by atoms with Crippen molar-refractivity contribution in [2.45, 2.75) is 5.38 Å². The summed E-state index contributed by atoms with van der Waals surface area (Å²) in [6, 6.07) is 0. The summed E-state index contributed by atoms with van der Waals surface area (Å²) >= 11 is 7.55. The van der Waals surface area contributed by atoms with E-state index in [-0.39, 0.29) is 4.47 Å². The second kappa shape index (κ2) is 2.98. The van der Waals surface area contributed by atoms with Gasteiger partial charge < -0.3 is 0 Å². The molecule has 11 heavy (non-hydrogen) atoms. The Bertz CT molecular complexity index is 263. The third kappa shape index (κ3) is 2.07. The number of halogens is 4. The molecule has 0 N–H and O–H groups in total. The largest absolute Gasteiger partial charge is 0.366 e. The first-order chi connectivity index (χ1) is 5.02. The van der Waals surface area contributed by atoms with Crippen molar-refractivity contribution in [3.63, 3.8) is 0 Å². The highest BCUT2D eigenvalue weighted by atomic mass is 79.9. The second-order valence-corrected chi connectivity index (χ2v) is 3.05. The quantitative estimate of drug-likeness (QED) is 0.708. The topological polar surface area (TPSA) is 25.8 Å². The molecule has 0 radical (unpaired) electrons. The van der Waals surface area contributed by atoms with Crippen LogP contribution in [0.3, 0.4) is 0 Å². The van der Waals surface area contributed by atoms with E-state index in [1.807, 2.05) is 0 Å². The van der Waals surface area contributed by atoms with Crippen LogP contribution in [0.4, 0.5) is 8.78 Å². The maximum atomic E-state index is 12.4. The number of alkyl halides is 3. The molecule has 0 saturated heterocycles. The van der Waals surface area contributed by atoms with Gasteiger partial charge in [-0.3, -0.25) is 0 Å². The molecule has 0 aliphatic heterocycles. The highest BCUT2D eigenvalue weighted by molar-refractivity contribution is 9.10. The fourth-order valence-corrected chi connectivity index (χ4v) is 1.26. The Balaban J connectivity index is 3.14. The zero-order valence-corrected chi connectivity index (χ0v) is 7.40. The lowest BCUT2D eigenvalue weighted by Crippen LogP contribution is -2.07. The van der Waals surface area contributed by atoms with Gasteiger partial charge in [-0.1, -0.05) is 0 Å². The number of nitrogens with zero attached hydrogens (tertiary/aromatic N) is 2. The average Bonchev–Trinajstić information content (AvgIpc) is 1.86. The molecule has 0 aliphatic carbocycles. The lowest BCUT2D eigenvalue weighted by molar-refractivity contribution is 0.0889. The van der Waals surface area contributed by atoms with Crippen LogP contribution in [0.15, 0.2) is 17.0 Å². The van der Waals surface area contributed by atoms with Gasteiger partial charge in [0.25, 0.3) is 0 Å². The van der Waals surface area contributed by atoms with Crippen LogP contribution < -0.4 is 0 Å². The average molecular weight is 243 g/mol. The Morgan fingerprint density at radius 1 is 1.55 bits per heavy atom. The molecule has 0 atom stereocenters. The first-order valence-electron chi connectivity index (χ1n) is 2.54. The molecule has 1 rings (SSSR count). The zero-order valence-electron chi connectivity index (χ0n) is 5.06. The molecule has 1 aromatic rings. The Morgan fingerprint density at radius 2 is 2.18 bits per heavy atom.